The normalized spacial score (nSPS) is 10.1. The summed E-state index contributed by atoms with van der Waals surface area (Å²) >= 11 is 0. The van der Waals surface area contributed by atoms with Crippen LogP contribution in [0.1, 0.15) is 23.0 Å². The van der Waals surface area contributed by atoms with E-state index in [0.717, 1.165) is 12.4 Å². The highest BCUT2D eigenvalue weighted by molar-refractivity contribution is 6.02. The molecule has 2 N–H and O–H groups in total. The zero-order chi connectivity index (χ0) is 13.0. The number of rotatable bonds is 4. The van der Waals surface area contributed by atoms with Gasteiger partial charge < -0.3 is 9.73 Å². The predicted molar refractivity (Wildman–Crippen MR) is 67.6 cm³/mol. The van der Waals surface area contributed by atoms with Crippen LogP contribution in [0.25, 0.3) is 0 Å². The van der Waals surface area contributed by atoms with Crippen molar-refractivity contribution in [2.45, 2.75) is 13.8 Å². The lowest BCUT2D eigenvalue weighted by molar-refractivity contribution is 0.102. The first-order valence-electron chi connectivity index (χ1n) is 5.62. The predicted octanol–water partition coefficient (Wildman–Crippen LogP) is 2.06. The largest absolute Gasteiger partial charge is 0.432 e. The molecule has 6 nitrogen and oxygen atoms in total. The van der Waals surface area contributed by atoms with Crippen molar-refractivity contribution in [3.05, 3.63) is 35.9 Å². The van der Waals surface area contributed by atoms with Gasteiger partial charge in [0.25, 0.3) is 5.91 Å². The van der Waals surface area contributed by atoms with Crippen molar-refractivity contribution in [3.63, 3.8) is 0 Å². The van der Waals surface area contributed by atoms with E-state index in [0.29, 0.717) is 11.3 Å². The molecule has 0 aromatic carbocycles. The highest BCUT2D eigenvalue weighted by atomic mass is 16.4. The van der Waals surface area contributed by atoms with Crippen LogP contribution in [0.3, 0.4) is 0 Å². The Hall–Kier alpha value is -2.37. The number of nitrogens with zero attached hydrogens (tertiary/aromatic N) is 2. The molecule has 0 aliphatic rings. The number of hydrogen-bond acceptors (Lipinski definition) is 5. The van der Waals surface area contributed by atoms with Gasteiger partial charge in [0.1, 0.15) is 12.1 Å². The van der Waals surface area contributed by atoms with E-state index in [2.05, 4.69) is 20.6 Å². The fourth-order valence-corrected chi connectivity index (χ4v) is 1.39. The van der Waals surface area contributed by atoms with Gasteiger partial charge in [-0.25, -0.2) is 4.98 Å². The smallest absolute Gasteiger partial charge is 0.301 e. The Balaban J connectivity index is 2.04. The number of oxazole rings is 1. The SMILES string of the molecule is CCNc1ccc(C(=O)Nc2nc(C)co2)cn1. The number of carbonyl (C=O) groups excluding carboxylic acids is 1. The van der Waals surface area contributed by atoms with E-state index in [1.807, 2.05) is 6.92 Å². The van der Waals surface area contributed by atoms with Crippen LogP contribution in [0.4, 0.5) is 11.8 Å². The molecule has 2 rings (SSSR count). The van der Waals surface area contributed by atoms with Gasteiger partial charge in [-0.2, -0.15) is 4.98 Å². The number of pyridine rings is 1. The Bertz CT molecular complexity index is 533. The molecule has 2 aromatic heterocycles. The lowest BCUT2D eigenvalue weighted by atomic mass is 10.2. The average molecular weight is 246 g/mol. The highest BCUT2D eigenvalue weighted by Crippen LogP contribution is 2.10. The fraction of sp³-hybridized carbons (Fsp3) is 0.250. The second-order valence-electron chi connectivity index (χ2n) is 3.71. The minimum atomic E-state index is -0.299. The quantitative estimate of drug-likeness (QED) is 0.863. The minimum absolute atomic E-state index is 0.188. The van der Waals surface area contributed by atoms with E-state index in [-0.39, 0.29) is 11.9 Å². The maximum absolute atomic E-state index is 11.8. The number of nitrogens with one attached hydrogen (secondary N) is 2. The zero-order valence-electron chi connectivity index (χ0n) is 10.2. The van der Waals surface area contributed by atoms with Gasteiger partial charge in [0.05, 0.1) is 11.3 Å². The number of carbonyl (C=O) groups is 1. The summed E-state index contributed by atoms with van der Waals surface area (Å²) in [5, 5.41) is 5.61. The molecule has 0 atom stereocenters. The molecule has 0 spiro atoms. The van der Waals surface area contributed by atoms with Crippen LogP contribution >= 0.6 is 0 Å². The van der Waals surface area contributed by atoms with Crippen molar-refractivity contribution in [2.24, 2.45) is 0 Å². The van der Waals surface area contributed by atoms with Gasteiger partial charge in [0, 0.05) is 12.7 Å². The number of hydrogen-bond donors (Lipinski definition) is 2. The van der Waals surface area contributed by atoms with Gasteiger partial charge in [-0.1, -0.05) is 0 Å². The second kappa shape index (κ2) is 5.31. The van der Waals surface area contributed by atoms with Gasteiger partial charge in [-0.3, -0.25) is 10.1 Å². The summed E-state index contributed by atoms with van der Waals surface area (Å²) in [5.74, 6) is 0.438. The summed E-state index contributed by atoms with van der Waals surface area (Å²) in [6.07, 6.45) is 2.98. The lowest BCUT2D eigenvalue weighted by Crippen LogP contribution is -2.12. The maximum atomic E-state index is 11.8. The molecule has 18 heavy (non-hydrogen) atoms. The molecule has 0 unspecified atom stereocenters. The summed E-state index contributed by atoms with van der Waals surface area (Å²) in [6.45, 7) is 4.55. The summed E-state index contributed by atoms with van der Waals surface area (Å²) < 4.78 is 5.04. The Morgan fingerprint density at radius 3 is 2.83 bits per heavy atom. The summed E-state index contributed by atoms with van der Waals surface area (Å²) in [6, 6.07) is 3.63. The lowest BCUT2D eigenvalue weighted by Gasteiger charge is -2.03. The van der Waals surface area contributed by atoms with E-state index >= 15 is 0 Å². The molecule has 2 aromatic rings. The number of anilines is 2. The van der Waals surface area contributed by atoms with Crippen LogP contribution in [0.5, 0.6) is 0 Å². The van der Waals surface area contributed by atoms with Gasteiger partial charge >= 0.3 is 6.01 Å². The molecule has 0 aliphatic carbocycles. The third-order valence-corrected chi connectivity index (χ3v) is 2.22. The van der Waals surface area contributed by atoms with E-state index < -0.39 is 0 Å². The van der Waals surface area contributed by atoms with Crippen LogP contribution in [0.15, 0.2) is 29.0 Å². The first kappa shape index (κ1) is 12.1. The van der Waals surface area contributed by atoms with Gasteiger partial charge in [0.2, 0.25) is 0 Å². The van der Waals surface area contributed by atoms with Crippen molar-refractivity contribution in [1.82, 2.24) is 9.97 Å². The van der Waals surface area contributed by atoms with Crippen molar-refractivity contribution in [1.29, 1.82) is 0 Å². The molecule has 2 heterocycles. The Morgan fingerprint density at radius 2 is 2.28 bits per heavy atom. The fourth-order valence-electron chi connectivity index (χ4n) is 1.39. The summed E-state index contributed by atoms with van der Waals surface area (Å²) in [7, 11) is 0. The third kappa shape index (κ3) is 2.85. The molecular weight excluding hydrogens is 232 g/mol. The van der Waals surface area contributed by atoms with Crippen molar-refractivity contribution >= 4 is 17.7 Å². The maximum Gasteiger partial charge on any atom is 0.301 e. The van der Waals surface area contributed by atoms with E-state index in [1.54, 1.807) is 19.1 Å². The number of aromatic nitrogens is 2. The number of amides is 1. The molecule has 1 amide bonds. The zero-order valence-corrected chi connectivity index (χ0v) is 10.2. The van der Waals surface area contributed by atoms with Crippen LogP contribution in [0.2, 0.25) is 0 Å². The van der Waals surface area contributed by atoms with Gasteiger partial charge in [0.15, 0.2) is 0 Å². The van der Waals surface area contributed by atoms with Gasteiger partial charge in [-0.05, 0) is 26.0 Å². The molecule has 0 fully saturated rings. The van der Waals surface area contributed by atoms with Crippen LogP contribution in [-0.4, -0.2) is 22.4 Å². The van der Waals surface area contributed by atoms with Crippen molar-refractivity contribution in [3.8, 4) is 0 Å². The van der Waals surface area contributed by atoms with E-state index in [1.165, 1.54) is 12.5 Å². The molecule has 0 saturated heterocycles. The Morgan fingerprint density at radius 1 is 1.44 bits per heavy atom. The highest BCUT2D eigenvalue weighted by Gasteiger charge is 2.09. The monoisotopic (exact) mass is 246 g/mol. The third-order valence-electron chi connectivity index (χ3n) is 2.22. The van der Waals surface area contributed by atoms with E-state index in [4.69, 9.17) is 4.42 Å². The summed E-state index contributed by atoms with van der Waals surface area (Å²) in [5.41, 5.74) is 1.17. The molecule has 0 bridgehead atoms. The van der Waals surface area contributed by atoms with Crippen LogP contribution in [-0.2, 0) is 0 Å². The van der Waals surface area contributed by atoms with Crippen LogP contribution < -0.4 is 10.6 Å². The Labute approximate surface area is 104 Å². The summed E-state index contributed by atoms with van der Waals surface area (Å²) in [4.78, 5) is 19.9. The minimum Gasteiger partial charge on any atom is -0.432 e. The first-order chi connectivity index (χ1) is 8.69. The Kier molecular flexibility index (Phi) is 3.57. The average Bonchev–Trinajstić information content (AvgIpc) is 2.76. The van der Waals surface area contributed by atoms with Crippen molar-refractivity contribution < 1.29 is 9.21 Å². The topological polar surface area (TPSA) is 80.0 Å². The molecule has 0 aliphatic heterocycles. The van der Waals surface area contributed by atoms with Gasteiger partial charge in [-0.15, -0.1) is 0 Å². The molecular formula is C12H14N4O2. The van der Waals surface area contributed by atoms with E-state index in [9.17, 15) is 4.79 Å². The molecule has 94 valence electrons. The molecule has 0 radical (unpaired) electrons. The van der Waals surface area contributed by atoms with Crippen molar-refractivity contribution in [2.75, 3.05) is 17.2 Å². The second-order valence-corrected chi connectivity index (χ2v) is 3.71. The van der Waals surface area contributed by atoms with Crippen LogP contribution in [0, 0.1) is 6.92 Å². The molecule has 6 heteroatoms. The number of aryl methyl sites for hydroxylation is 1. The first-order valence-corrected chi connectivity index (χ1v) is 5.62. The molecule has 0 saturated carbocycles. The standard InChI is InChI=1S/C12H14N4O2/c1-3-13-10-5-4-9(6-14-10)11(17)16-12-15-8(2)7-18-12/h4-7H,3H2,1-2H3,(H,13,14)(H,15,16,17).